The van der Waals surface area contributed by atoms with Crippen molar-refractivity contribution in [2.75, 3.05) is 5.32 Å². The summed E-state index contributed by atoms with van der Waals surface area (Å²) < 4.78 is 6.43. The number of nitrogens with zero attached hydrogens (tertiary/aromatic N) is 3. The molecule has 0 bridgehead atoms. The zero-order valence-corrected chi connectivity index (χ0v) is 13.8. The number of nitrogens with one attached hydrogen (secondary N) is 1. The van der Waals surface area contributed by atoms with Crippen molar-refractivity contribution in [2.24, 2.45) is 0 Å². The van der Waals surface area contributed by atoms with E-state index in [0.717, 1.165) is 4.47 Å². The predicted octanol–water partition coefficient (Wildman–Crippen LogP) is 4.68. The fourth-order valence-electron chi connectivity index (χ4n) is 1.96. The van der Waals surface area contributed by atoms with Gasteiger partial charge in [0, 0.05) is 10.2 Å². The molecule has 0 atom stereocenters. The van der Waals surface area contributed by atoms with Crippen LogP contribution in [-0.2, 0) is 0 Å². The van der Waals surface area contributed by atoms with E-state index in [1.54, 1.807) is 36.4 Å². The first kappa shape index (κ1) is 15.9. The lowest BCUT2D eigenvalue weighted by Crippen LogP contribution is -2.03. The van der Waals surface area contributed by atoms with Gasteiger partial charge in [-0.25, -0.2) is 4.98 Å². The van der Waals surface area contributed by atoms with E-state index < -0.39 is 4.92 Å². The molecule has 0 amide bonds. The molecule has 0 unspecified atom stereocenters. The van der Waals surface area contributed by atoms with E-state index in [4.69, 9.17) is 4.74 Å². The van der Waals surface area contributed by atoms with E-state index in [-0.39, 0.29) is 17.4 Å². The molecule has 1 N–H and O–H groups in total. The van der Waals surface area contributed by atoms with E-state index in [1.165, 1.54) is 6.33 Å². The quantitative estimate of drug-likeness (QED) is 0.505. The Morgan fingerprint density at radius 3 is 2.42 bits per heavy atom. The Balaban J connectivity index is 1.96. The van der Waals surface area contributed by atoms with Crippen LogP contribution in [0.1, 0.15) is 0 Å². The van der Waals surface area contributed by atoms with Crippen molar-refractivity contribution >= 4 is 33.1 Å². The summed E-state index contributed by atoms with van der Waals surface area (Å²) in [5.41, 5.74) is 0.329. The van der Waals surface area contributed by atoms with Crippen LogP contribution in [0.3, 0.4) is 0 Å². The van der Waals surface area contributed by atoms with Gasteiger partial charge >= 0.3 is 11.6 Å². The molecule has 8 heteroatoms. The van der Waals surface area contributed by atoms with Gasteiger partial charge in [0.15, 0.2) is 0 Å². The largest absolute Gasteiger partial charge is 0.434 e. The number of aromatic nitrogens is 2. The van der Waals surface area contributed by atoms with E-state index in [1.807, 2.05) is 18.2 Å². The molecule has 0 spiro atoms. The van der Waals surface area contributed by atoms with E-state index in [0.29, 0.717) is 11.4 Å². The number of para-hydroxylation sites is 1. The summed E-state index contributed by atoms with van der Waals surface area (Å²) in [5.74, 6) is 0.387. The molecule has 120 valence electrons. The first-order valence-electron chi connectivity index (χ1n) is 6.88. The molecule has 7 nitrogen and oxygen atoms in total. The minimum Gasteiger partial charge on any atom is -0.434 e. The summed E-state index contributed by atoms with van der Waals surface area (Å²) in [6.07, 6.45) is 1.21. The number of rotatable bonds is 5. The molecule has 0 radical (unpaired) electrons. The third-order valence-electron chi connectivity index (χ3n) is 3.04. The molecule has 24 heavy (non-hydrogen) atoms. The number of ether oxygens (including phenoxy) is 1. The first-order chi connectivity index (χ1) is 11.6. The van der Waals surface area contributed by atoms with Crippen LogP contribution in [0.25, 0.3) is 0 Å². The Labute approximate surface area is 145 Å². The van der Waals surface area contributed by atoms with Crippen molar-refractivity contribution < 1.29 is 9.66 Å². The van der Waals surface area contributed by atoms with Gasteiger partial charge in [-0.15, -0.1) is 0 Å². The van der Waals surface area contributed by atoms with Gasteiger partial charge in [0.25, 0.3) is 0 Å². The fraction of sp³-hybridized carbons (Fsp3) is 0. The average molecular weight is 387 g/mol. The number of hydrogen-bond acceptors (Lipinski definition) is 6. The Kier molecular flexibility index (Phi) is 4.66. The fourth-order valence-corrected chi connectivity index (χ4v) is 2.23. The number of hydrogen-bond donors (Lipinski definition) is 1. The van der Waals surface area contributed by atoms with Gasteiger partial charge in [-0.1, -0.05) is 34.1 Å². The van der Waals surface area contributed by atoms with Crippen LogP contribution in [0.2, 0.25) is 0 Å². The SMILES string of the molecule is O=[N+]([O-])c1c(Nc2ccc(Br)cc2)ncnc1Oc1ccccc1. The average Bonchev–Trinajstić information content (AvgIpc) is 2.58. The molecule has 0 fully saturated rings. The van der Waals surface area contributed by atoms with E-state index in [2.05, 4.69) is 31.2 Å². The molecule has 0 aliphatic rings. The third kappa shape index (κ3) is 3.66. The highest BCUT2D eigenvalue weighted by molar-refractivity contribution is 9.10. The summed E-state index contributed by atoms with van der Waals surface area (Å²) in [5, 5.41) is 14.4. The van der Waals surface area contributed by atoms with Crippen molar-refractivity contribution in [1.29, 1.82) is 0 Å². The first-order valence-corrected chi connectivity index (χ1v) is 7.67. The smallest absolute Gasteiger partial charge is 0.373 e. The van der Waals surface area contributed by atoms with Gasteiger partial charge in [-0.3, -0.25) is 10.1 Å². The molecular formula is C16H11BrN4O3. The van der Waals surface area contributed by atoms with Crippen LogP contribution >= 0.6 is 15.9 Å². The zero-order valence-electron chi connectivity index (χ0n) is 12.2. The van der Waals surface area contributed by atoms with Crippen molar-refractivity contribution in [3.8, 4) is 11.6 Å². The summed E-state index contributed by atoms with van der Waals surface area (Å²) in [6.45, 7) is 0. The van der Waals surface area contributed by atoms with Crippen molar-refractivity contribution in [3.63, 3.8) is 0 Å². The van der Waals surface area contributed by atoms with E-state index >= 15 is 0 Å². The van der Waals surface area contributed by atoms with Gasteiger partial charge in [-0.2, -0.15) is 4.98 Å². The Hall–Kier alpha value is -3.00. The lowest BCUT2D eigenvalue weighted by molar-refractivity contribution is -0.385. The zero-order chi connectivity index (χ0) is 16.9. The number of anilines is 2. The maximum Gasteiger partial charge on any atom is 0.373 e. The topological polar surface area (TPSA) is 90.2 Å². The molecule has 0 saturated carbocycles. The summed E-state index contributed by atoms with van der Waals surface area (Å²) in [7, 11) is 0. The lowest BCUT2D eigenvalue weighted by Gasteiger charge is -2.09. The molecule has 0 aliphatic carbocycles. The molecule has 2 aromatic carbocycles. The van der Waals surface area contributed by atoms with Gasteiger partial charge in [0.2, 0.25) is 5.82 Å². The lowest BCUT2D eigenvalue weighted by atomic mass is 10.3. The highest BCUT2D eigenvalue weighted by Crippen LogP contribution is 2.35. The minimum absolute atomic E-state index is 0.0586. The second-order valence-corrected chi connectivity index (χ2v) is 5.60. The number of halogens is 1. The number of benzene rings is 2. The second kappa shape index (κ2) is 7.05. The summed E-state index contributed by atoms with van der Waals surface area (Å²) in [6, 6.07) is 15.9. The third-order valence-corrected chi connectivity index (χ3v) is 3.56. The number of nitro groups is 1. The van der Waals surface area contributed by atoms with Gasteiger partial charge in [0.1, 0.15) is 12.1 Å². The maximum atomic E-state index is 11.5. The van der Waals surface area contributed by atoms with Crippen LogP contribution < -0.4 is 10.1 Å². The van der Waals surface area contributed by atoms with Crippen molar-refractivity contribution in [1.82, 2.24) is 9.97 Å². The summed E-state index contributed by atoms with van der Waals surface area (Å²) in [4.78, 5) is 18.8. The Morgan fingerprint density at radius 1 is 1.04 bits per heavy atom. The normalized spacial score (nSPS) is 10.2. The second-order valence-electron chi connectivity index (χ2n) is 4.68. The van der Waals surface area contributed by atoms with Gasteiger partial charge < -0.3 is 10.1 Å². The Morgan fingerprint density at radius 2 is 1.75 bits per heavy atom. The van der Waals surface area contributed by atoms with E-state index in [9.17, 15) is 10.1 Å². The maximum absolute atomic E-state index is 11.5. The van der Waals surface area contributed by atoms with Crippen LogP contribution in [-0.4, -0.2) is 14.9 Å². The minimum atomic E-state index is -0.570. The molecule has 0 saturated heterocycles. The highest BCUT2D eigenvalue weighted by Gasteiger charge is 2.25. The molecule has 0 aliphatic heterocycles. The Bertz CT molecular complexity index is 857. The van der Waals surface area contributed by atoms with Crippen molar-refractivity contribution in [3.05, 3.63) is 75.5 Å². The van der Waals surface area contributed by atoms with Crippen molar-refractivity contribution in [2.45, 2.75) is 0 Å². The molecule has 3 rings (SSSR count). The van der Waals surface area contributed by atoms with Gasteiger partial charge in [-0.05, 0) is 36.4 Å². The van der Waals surface area contributed by atoms with Crippen LogP contribution in [0.5, 0.6) is 11.6 Å². The molecule has 1 heterocycles. The highest BCUT2D eigenvalue weighted by atomic mass is 79.9. The molecule has 3 aromatic rings. The summed E-state index contributed by atoms with van der Waals surface area (Å²) >= 11 is 3.34. The van der Waals surface area contributed by atoms with Gasteiger partial charge in [0.05, 0.1) is 4.92 Å². The predicted molar refractivity (Wildman–Crippen MR) is 92.6 cm³/mol. The molecule has 1 aromatic heterocycles. The standard InChI is InChI=1S/C16H11BrN4O3/c17-11-6-8-12(9-7-11)20-15-14(21(22)23)16(19-10-18-15)24-13-4-2-1-3-5-13/h1-10H,(H,18,19,20). The van der Waals surface area contributed by atoms with Crippen LogP contribution in [0.4, 0.5) is 17.2 Å². The monoisotopic (exact) mass is 386 g/mol. The van der Waals surface area contributed by atoms with Crippen LogP contribution in [0, 0.1) is 10.1 Å². The molecular weight excluding hydrogens is 376 g/mol. The van der Waals surface area contributed by atoms with Crippen LogP contribution in [0.15, 0.2) is 65.4 Å².